The van der Waals surface area contributed by atoms with Crippen molar-refractivity contribution in [1.82, 2.24) is 24.8 Å². The molecule has 194 valence electrons. The van der Waals surface area contributed by atoms with E-state index in [0.29, 0.717) is 43.5 Å². The maximum Gasteiger partial charge on any atom is 0.522 e. The number of anilines is 2. The van der Waals surface area contributed by atoms with Gasteiger partial charge in [-0.3, -0.25) is 9.30 Å². The minimum atomic E-state index is -4.62. The van der Waals surface area contributed by atoms with E-state index in [1.165, 1.54) is 0 Å². The van der Waals surface area contributed by atoms with Gasteiger partial charge in [-0.2, -0.15) is 4.98 Å². The second-order valence-electron chi connectivity index (χ2n) is 10.2. The predicted octanol–water partition coefficient (Wildman–Crippen LogP) is 3.99. The van der Waals surface area contributed by atoms with E-state index >= 15 is 0 Å². The summed E-state index contributed by atoms with van der Waals surface area (Å²) in [5, 5.41) is 10.3. The fourth-order valence-corrected chi connectivity index (χ4v) is 5.44. The van der Waals surface area contributed by atoms with Gasteiger partial charge in [-0.15, -0.1) is 13.2 Å². The van der Waals surface area contributed by atoms with E-state index in [-0.39, 0.29) is 24.0 Å². The lowest BCUT2D eigenvalue weighted by Gasteiger charge is -2.34. The van der Waals surface area contributed by atoms with Gasteiger partial charge in [0.05, 0.1) is 12.3 Å². The summed E-state index contributed by atoms with van der Waals surface area (Å²) >= 11 is 0. The number of fused-ring (bicyclic) bond motifs is 1. The van der Waals surface area contributed by atoms with Gasteiger partial charge in [0.2, 0.25) is 11.9 Å². The average Bonchev–Trinajstić information content (AvgIpc) is 3.16. The van der Waals surface area contributed by atoms with Crippen LogP contribution in [0.4, 0.5) is 25.1 Å². The Morgan fingerprint density at radius 2 is 1.91 bits per heavy atom. The van der Waals surface area contributed by atoms with Crippen molar-refractivity contribution in [2.45, 2.75) is 88.4 Å². The molecule has 35 heavy (non-hydrogen) atoms. The van der Waals surface area contributed by atoms with Crippen LogP contribution in [0.25, 0.3) is 11.2 Å². The average molecular weight is 498 g/mol. The fraction of sp³-hybridized carbons (Fsp3) is 0.783. The summed E-state index contributed by atoms with van der Waals surface area (Å²) in [5.74, 6) is 1.20. The highest BCUT2D eigenvalue weighted by Crippen LogP contribution is 2.33. The van der Waals surface area contributed by atoms with Crippen molar-refractivity contribution in [3.05, 3.63) is 6.20 Å². The zero-order valence-corrected chi connectivity index (χ0v) is 20.0. The number of hydrogen-bond donors (Lipinski definition) is 3. The molecule has 0 radical (unpaired) electrons. The van der Waals surface area contributed by atoms with Gasteiger partial charge in [-0.1, -0.05) is 0 Å². The maximum absolute atomic E-state index is 12.8. The van der Waals surface area contributed by atoms with E-state index in [2.05, 4.69) is 37.2 Å². The summed E-state index contributed by atoms with van der Waals surface area (Å²) in [6.45, 7) is 5.34. The Morgan fingerprint density at radius 3 is 2.66 bits per heavy atom. The summed E-state index contributed by atoms with van der Waals surface area (Å²) in [7, 11) is 0. The Kier molecular flexibility index (Phi) is 7.04. The van der Waals surface area contributed by atoms with Crippen LogP contribution in [0.5, 0.6) is 0 Å². The minimum Gasteiger partial charge on any atom is -0.381 e. The molecule has 1 saturated carbocycles. The zero-order chi connectivity index (χ0) is 24.5. The fourth-order valence-electron chi connectivity index (χ4n) is 5.44. The lowest BCUT2D eigenvalue weighted by Crippen LogP contribution is -2.41. The van der Waals surface area contributed by atoms with Gasteiger partial charge in [0, 0.05) is 30.8 Å². The third kappa shape index (κ3) is 5.97. The molecule has 0 spiro atoms. The first kappa shape index (κ1) is 24.5. The highest BCUT2D eigenvalue weighted by atomic mass is 19.4. The third-order valence-electron chi connectivity index (χ3n) is 7.38. The monoisotopic (exact) mass is 497 g/mol. The second kappa shape index (κ2) is 10.1. The molecule has 2 atom stereocenters. The van der Waals surface area contributed by atoms with Gasteiger partial charge in [0.15, 0.2) is 5.65 Å². The van der Waals surface area contributed by atoms with Crippen molar-refractivity contribution in [2.75, 3.05) is 36.9 Å². The summed E-state index contributed by atoms with van der Waals surface area (Å²) in [6, 6.07) is 0.0380. The number of piperidine rings is 1. The summed E-state index contributed by atoms with van der Waals surface area (Å²) in [6.07, 6.45) is 2.00. The molecule has 2 saturated heterocycles. The first-order valence-electron chi connectivity index (χ1n) is 12.6. The molecule has 12 heteroatoms. The molecule has 9 nitrogen and oxygen atoms in total. The molecule has 2 aliphatic heterocycles. The smallest absolute Gasteiger partial charge is 0.381 e. The Morgan fingerprint density at radius 1 is 1.14 bits per heavy atom. The lowest BCUT2D eigenvalue weighted by atomic mass is 9.93. The van der Waals surface area contributed by atoms with E-state index in [9.17, 15) is 13.2 Å². The van der Waals surface area contributed by atoms with Gasteiger partial charge in [-0.05, 0) is 71.4 Å². The van der Waals surface area contributed by atoms with Crippen molar-refractivity contribution in [2.24, 2.45) is 0 Å². The van der Waals surface area contributed by atoms with E-state index in [1.54, 1.807) is 6.20 Å². The largest absolute Gasteiger partial charge is 0.522 e. The van der Waals surface area contributed by atoms with Gasteiger partial charge in [0.1, 0.15) is 5.52 Å². The summed E-state index contributed by atoms with van der Waals surface area (Å²) in [5.41, 5.74) is 1.28. The van der Waals surface area contributed by atoms with Gasteiger partial charge in [-0.25, -0.2) is 9.97 Å². The van der Waals surface area contributed by atoms with E-state index in [0.717, 1.165) is 50.8 Å². The topological polar surface area (TPSA) is 98.2 Å². The van der Waals surface area contributed by atoms with Crippen LogP contribution in [0, 0.1) is 0 Å². The Bertz CT molecular complexity index is 1000. The Hall–Kier alpha value is -2.18. The quantitative estimate of drug-likeness (QED) is 0.551. The molecule has 3 aliphatic rings. The molecular formula is C23H34F3N7O2. The molecule has 5 rings (SSSR count). The molecule has 2 unspecified atom stereocenters. The zero-order valence-electron chi connectivity index (χ0n) is 20.0. The van der Waals surface area contributed by atoms with Gasteiger partial charge in [0.25, 0.3) is 0 Å². The van der Waals surface area contributed by atoms with Crippen molar-refractivity contribution in [3.8, 4) is 0 Å². The van der Waals surface area contributed by atoms with Crippen LogP contribution in [-0.4, -0.2) is 69.9 Å². The molecule has 1 aliphatic carbocycles. The van der Waals surface area contributed by atoms with Crippen LogP contribution >= 0.6 is 0 Å². The molecule has 4 heterocycles. The number of halogens is 3. The maximum atomic E-state index is 12.8. The van der Waals surface area contributed by atoms with Crippen LogP contribution in [0.3, 0.4) is 0 Å². The van der Waals surface area contributed by atoms with Crippen LogP contribution in [0.2, 0.25) is 0 Å². The number of nitrogens with zero attached hydrogens (tertiary/aromatic N) is 4. The summed E-state index contributed by atoms with van der Waals surface area (Å²) < 4.78 is 50.3. The van der Waals surface area contributed by atoms with E-state index in [4.69, 9.17) is 14.7 Å². The number of hydrogen-bond acceptors (Lipinski definition) is 8. The molecule has 0 amide bonds. The number of aromatic nitrogens is 4. The normalized spacial score (nSPS) is 26.1. The molecule has 2 aromatic rings. The minimum absolute atomic E-state index is 0.137. The molecular weight excluding hydrogens is 463 g/mol. The van der Waals surface area contributed by atoms with Crippen molar-refractivity contribution in [1.29, 1.82) is 0 Å². The Labute approximate surface area is 202 Å². The number of nitrogens with one attached hydrogen (secondary N) is 3. The van der Waals surface area contributed by atoms with Crippen LogP contribution < -0.4 is 16.0 Å². The van der Waals surface area contributed by atoms with Crippen molar-refractivity contribution >= 4 is 23.1 Å². The highest BCUT2D eigenvalue weighted by Gasteiger charge is 2.36. The standard InChI is InChI=1S/C23H34F3N7O2/c1-22(7-11-34-12-8-22)32-20-28-14-18-19(31-20)33(16-5-9-27-10-6-16)21(30-18)29-15-3-2-4-17(13-15)35-23(24,25)26/h14-17,27H,2-13H2,1H3,(H,29,30)(H,28,31,32). The third-order valence-corrected chi connectivity index (χ3v) is 7.38. The molecule has 0 bridgehead atoms. The highest BCUT2D eigenvalue weighted by molar-refractivity contribution is 5.75. The second-order valence-corrected chi connectivity index (χ2v) is 10.2. The van der Waals surface area contributed by atoms with E-state index in [1.807, 2.05) is 0 Å². The predicted molar refractivity (Wildman–Crippen MR) is 125 cm³/mol. The van der Waals surface area contributed by atoms with Gasteiger partial charge >= 0.3 is 6.36 Å². The van der Waals surface area contributed by atoms with Crippen LogP contribution in [0.15, 0.2) is 6.20 Å². The molecule has 0 aromatic carbocycles. The van der Waals surface area contributed by atoms with Gasteiger partial charge < -0.3 is 20.7 Å². The lowest BCUT2D eigenvalue weighted by molar-refractivity contribution is -0.345. The van der Waals surface area contributed by atoms with Crippen molar-refractivity contribution in [3.63, 3.8) is 0 Å². The van der Waals surface area contributed by atoms with E-state index < -0.39 is 12.5 Å². The summed E-state index contributed by atoms with van der Waals surface area (Å²) in [4.78, 5) is 14.2. The molecule has 3 fully saturated rings. The molecule has 3 N–H and O–H groups in total. The number of imidazole rings is 1. The SMILES string of the molecule is CC1(Nc2ncc3nc(NC4CCCC(OC(F)(F)F)C4)n(C4CCNCC4)c3n2)CCOCC1. The number of alkyl halides is 3. The van der Waals surface area contributed by atoms with Crippen LogP contribution in [-0.2, 0) is 9.47 Å². The Balaban J connectivity index is 1.41. The van der Waals surface area contributed by atoms with Crippen LogP contribution in [0.1, 0.15) is 64.3 Å². The first-order valence-corrected chi connectivity index (χ1v) is 12.6. The number of rotatable bonds is 6. The first-order chi connectivity index (χ1) is 16.8. The molecule has 2 aromatic heterocycles. The van der Waals surface area contributed by atoms with Crippen molar-refractivity contribution < 1.29 is 22.6 Å². The number of ether oxygens (including phenoxy) is 2.